The Morgan fingerprint density at radius 3 is 2.85 bits per heavy atom. The Morgan fingerprint density at radius 2 is 2.38 bits per heavy atom. The average Bonchev–Trinajstić information content (AvgIpc) is 2.68. The van der Waals surface area contributed by atoms with Crippen molar-refractivity contribution in [1.82, 2.24) is 4.90 Å². The molecule has 1 spiro atoms. The Hall–Kier alpha value is -0.730. The largest absolute Gasteiger partial charge is 0.441 e. The predicted molar refractivity (Wildman–Crippen MR) is 47.3 cm³/mol. The summed E-state index contributed by atoms with van der Waals surface area (Å²) in [4.78, 5) is 13.0. The molecule has 0 N–H and O–H groups in total. The SMILES string of the molecule is CN1CC2(CC3CCC2C3)OC1=O. The van der Waals surface area contributed by atoms with Gasteiger partial charge < -0.3 is 9.64 Å². The summed E-state index contributed by atoms with van der Waals surface area (Å²) < 4.78 is 5.54. The summed E-state index contributed by atoms with van der Waals surface area (Å²) in [6, 6.07) is 0. The van der Waals surface area contributed by atoms with Crippen LogP contribution in [-0.2, 0) is 4.74 Å². The fourth-order valence-corrected chi connectivity index (χ4v) is 3.46. The number of likely N-dealkylation sites (N-methyl/N-ethyl adjacent to an activating group) is 1. The third kappa shape index (κ3) is 0.875. The van der Waals surface area contributed by atoms with E-state index < -0.39 is 0 Å². The average molecular weight is 181 g/mol. The maximum atomic E-state index is 11.3. The third-order valence-electron chi connectivity index (χ3n) is 4.03. The van der Waals surface area contributed by atoms with Crippen LogP contribution in [0.1, 0.15) is 25.7 Å². The Balaban J connectivity index is 1.88. The fourth-order valence-electron chi connectivity index (χ4n) is 3.46. The van der Waals surface area contributed by atoms with E-state index in [0.717, 1.165) is 18.9 Å². The number of hydrogen-bond donors (Lipinski definition) is 0. The van der Waals surface area contributed by atoms with Crippen molar-refractivity contribution < 1.29 is 9.53 Å². The van der Waals surface area contributed by atoms with E-state index in [1.54, 1.807) is 4.90 Å². The summed E-state index contributed by atoms with van der Waals surface area (Å²) in [5, 5.41) is 0. The van der Waals surface area contributed by atoms with Gasteiger partial charge >= 0.3 is 6.09 Å². The van der Waals surface area contributed by atoms with Gasteiger partial charge in [-0.15, -0.1) is 0 Å². The molecule has 2 bridgehead atoms. The smallest absolute Gasteiger partial charge is 0.410 e. The van der Waals surface area contributed by atoms with Gasteiger partial charge in [0.2, 0.25) is 0 Å². The number of carbonyl (C=O) groups is 1. The Labute approximate surface area is 78.0 Å². The van der Waals surface area contributed by atoms with Crippen LogP contribution in [0.2, 0.25) is 0 Å². The molecule has 0 aromatic rings. The summed E-state index contributed by atoms with van der Waals surface area (Å²) in [5.41, 5.74) is -0.0747. The highest BCUT2D eigenvalue weighted by molar-refractivity contribution is 5.70. The van der Waals surface area contributed by atoms with E-state index in [4.69, 9.17) is 4.74 Å². The van der Waals surface area contributed by atoms with Crippen LogP contribution >= 0.6 is 0 Å². The third-order valence-corrected chi connectivity index (χ3v) is 4.03. The standard InChI is InChI=1S/C10H15NO2/c1-11-6-10(13-9(11)12)5-7-2-3-8(10)4-7/h7-8H,2-6H2,1H3. The van der Waals surface area contributed by atoms with Crippen LogP contribution in [0.25, 0.3) is 0 Å². The topological polar surface area (TPSA) is 29.5 Å². The first-order valence-corrected chi connectivity index (χ1v) is 5.14. The molecule has 3 nitrogen and oxygen atoms in total. The van der Waals surface area contributed by atoms with Gasteiger partial charge in [0.1, 0.15) is 5.60 Å². The summed E-state index contributed by atoms with van der Waals surface area (Å²) in [6.45, 7) is 0.826. The molecule has 3 atom stereocenters. The van der Waals surface area contributed by atoms with Crippen LogP contribution in [0, 0.1) is 11.8 Å². The quantitative estimate of drug-likeness (QED) is 0.568. The van der Waals surface area contributed by atoms with Gasteiger partial charge in [0, 0.05) is 13.0 Å². The van der Waals surface area contributed by atoms with Crippen LogP contribution in [0.4, 0.5) is 4.79 Å². The molecule has 1 heterocycles. The summed E-state index contributed by atoms with van der Waals surface area (Å²) in [6.07, 6.45) is 4.92. The van der Waals surface area contributed by atoms with E-state index in [2.05, 4.69) is 0 Å². The molecular weight excluding hydrogens is 166 g/mol. The zero-order chi connectivity index (χ0) is 9.05. The minimum absolute atomic E-state index is 0.0747. The maximum Gasteiger partial charge on any atom is 0.410 e. The number of carbonyl (C=O) groups excluding carboxylic acids is 1. The van der Waals surface area contributed by atoms with Gasteiger partial charge in [0.25, 0.3) is 0 Å². The van der Waals surface area contributed by atoms with Gasteiger partial charge in [-0.1, -0.05) is 0 Å². The molecule has 0 radical (unpaired) electrons. The van der Waals surface area contributed by atoms with Gasteiger partial charge in [0.15, 0.2) is 0 Å². The molecule has 72 valence electrons. The molecule has 2 saturated carbocycles. The molecule has 13 heavy (non-hydrogen) atoms. The van der Waals surface area contributed by atoms with Gasteiger partial charge in [0.05, 0.1) is 6.54 Å². The Morgan fingerprint density at radius 1 is 1.54 bits per heavy atom. The van der Waals surface area contributed by atoms with E-state index in [1.807, 2.05) is 7.05 Å². The van der Waals surface area contributed by atoms with E-state index in [1.165, 1.54) is 19.3 Å². The van der Waals surface area contributed by atoms with Crippen LogP contribution in [0.15, 0.2) is 0 Å². The summed E-state index contributed by atoms with van der Waals surface area (Å²) in [7, 11) is 1.84. The number of rotatable bonds is 0. The second-order valence-electron chi connectivity index (χ2n) is 4.87. The highest BCUT2D eigenvalue weighted by Crippen LogP contribution is 2.54. The molecule has 1 saturated heterocycles. The highest BCUT2D eigenvalue weighted by Gasteiger charge is 2.57. The number of fused-ring (bicyclic) bond motifs is 3. The molecule has 3 fully saturated rings. The van der Waals surface area contributed by atoms with E-state index >= 15 is 0 Å². The van der Waals surface area contributed by atoms with Gasteiger partial charge in [-0.3, -0.25) is 0 Å². The van der Waals surface area contributed by atoms with Crippen molar-refractivity contribution in [1.29, 1.82) is 0 Å². The molecule has 1 amide bonds. The van der Waals surface area contributed by atoms with Crippen LogP contribution in [0.3, 0.4) is 0 Å². The molecule has 0 aromatic heterocycles. The zero-order valence-corrected chi connectivity index (χ0v) is 7.95. The van der Waals surface area contributed by atoms with E-state index in [0.29, 0.717) is 5.92 Å². The second-order valence-corrected chi connectivity index (χ2v) is 4.87. The monoisotopic (exact) mass is 181 g/mol. The molecular formula is C10H15NO2. The van der Waals surface area contributed by atoms with Crippen molar-refractivity contribution in [3.8, 4) is 0 Å². The van der Waals surface area contributed by atoms with Crippen molar-refractivity contribution in [2.75, 3.05) is 13.6 Å². The lowest BCUT2D eigenvalue weighted by Crippen LogP contribution is -2.39. The second kappa shape index (κ2) is 2.20. The molecule has 0 aromatic carbocycles. The van der Waals surface area contributed by atoms with Crippen LogP contribution in [-0.4, -0.2) is 30.2 Å². The Kier molecular flexibility index (Phi) is 1.29. The molecule has 3 aliphatic rings. The number of hydrogen-bond acceptors (Lipinski definition) is 2. The van der Waals surface area contributed by atoms with Crippen molar-refractivity contribution in [3.63, 3.8) is 0 Å². The van der Waals surface area contributed by atoms with E-state index in [-0.39, 0.29) is 11.7 Å². The molecule has 1 aliphatic heterocycles. The predicted octanol–water partition coefficient (Wildman–Crippen LogP) is 1.63. The Bertz CT molecular complexity index is 266. The minimum atomic E-state index is -0.118. The lowest BCUT2D eigenvalue weighted by atomic mass is 9.84. The van der Waals surface area contributed by atoms with Crippen molar-refractivity contribution in [2.24, 2.45) is 11.8 Å². The summed E-state index contributed by atoms with van der Waals surface area (Å²) >= 11 is 0. The van der Waals surface area contributed by atoms with Crippen LogP contribution in [0.5, 0.6) is 0 Å². The van der Waals surface area contributed by atoms with Crippen molar-refractivity contribution >= 4 is 6.09 Å². The first kappa shape index (κ1) is 7.65. The fraction of sp³-hybridized carbons (Fsp3) is 0.900. The highest BCUT2D eigenvalue weighted by atomic mass is 16.6. The number of nitrogens with zero attached hydrogens (tertiary/aromatic N) is 1. The van der Waals surface area contributed by atoms with Crippen LogP contribution < -0.4 is 0 Å². The number of amides is 1. The number of ether oxygens (including phenoxy) is 1. The first-order chi connectivity index (χ1) is 6.20. The maximum absolute atomic E-state index is 11.3. The first-order valence-electron chi connectivity index (χ1n) is 5.14. The van der Waals surface area contributed by atoms with Crippen molar-refractivity contribution in [2.45, 2.75) is 31.3 Å². The van der Waals surface area contributed by atoms with Gasteiger partial charge in [-0.05, 0) is 31.6 Å². The lowest BCUT2D eigenvalue weighted by molar-refractivity contribution is 0.0110. The van der Waals surface area contributed by atoms with E-state index in [9.17, 15) is 4.79 Å². The van der Waals surface area contributed by atoms with Gasteiger partial charge in [-0.2, -0.15) is 0 Å². The molecule has 3 heteroatoms. The zero-order valence-electron chi connectivity index (χ0n) is 7.95. The lowest BCUT2D eigenvalue weighted by Gasteiger charge is -2.30. The van der Waals surface area contributed by atoms with Crippen molar-refractivity contribution in [3.05, 3.63) is 0 Å². The summed E-state index contributed by atoms with van der Waals surface area (Å²) in [5.74, 6) is 1.50. The molecule has 3 unspecified atom stereocenters. The normalized spacial score (nSPS) is 47.8. The molecule has 3 rings (SSSR count). The minimum Gasteiger partial charge on any atom is -0.441 e. The van der Waals surface area contributed by atoms with Gasteiger partial charge in [-0.25, -0.2) is 4.79 Å². The molecule has 2 aliphatic carbocycles.